The van der Waals surface area contributed by atoms with Gasteiger partial charge >= 0.3 is 0 Å². The fourth-order valence-electron chi connectivity index (χ4n) is 2.52. The van der Waals surface area contributed by atoms with E-state index in [9.17, 15) is 0 Å². The van der Waals surface area contributed by atoms with Crippen LogP contribution in [0.3, 0.4) is 0 Å². The third-order valence-corrected chi connectivity index (χ3v) is 3.38. The number of aryl methyl sites for hydroxylation is 1. The van der Waals surface area contributed by atoms with Gasteiger partial charge in [0.25, 0.3) is 0 Å². The number of nitrogens with zero attached hydrogens (tertiary/aromatic N) is 1. The lowest BCUT2D eigenvalue weighted by Gasteiger charge is -2.26. The minimum absolute atomic E-state index is 0.449. The van der Waals surface area contributed by atoms with Crippen LogP contribution in [0.2, 0.25) is 0 Å². The summed E-state index contributed by atoms with van der Waals surface area (Å²) in [6.07, 6.45) is 6.90. The van der Waals surface area contributed by atoms with Crippen molar-refractivity contribution in [3.8, 4) is 0 Å². The molecule has 0 spiro atoms. The lowest BCUT2D eigenvalue weighted by Crippen LogP contribution is -2.24. The van der Waals surface area contributed by atoms with Crippen LogP contribution < -0.4 is 5.32 Å². The molecule has 1 atom stereocenters. The molecule has 0 radical (unpaired) electrons. The normalized spacial score (nSPS) is 18.9. The Morgan fingerprint density at radius 3 is 3.18 bits per heavy atom. The second kappa shape index (κ2) is 4.72. The van der Waals surface area contributed by atoms with Gasteiger partial charge in [-0.25, -0.2) is 4.98 Å². The fourth-order valence-corrected chi connectivity index (χ4v) is 2.52. The zero-order chi connectivity index (χ0) is 11.5. The molecular formula is C14H16N2O. The van der Waals surface area contributed by atoms with Crippen molar-refractivity contribution < 1.29 is 4.42 Å². The molecule has 0 saturated carbocycles. The maximum Gasteiger partial charge on any atom is 0.180 e. The van der Waals surface area contributed by atoms with E-state index in [1.807, 2.05) is 0 Å². The zero-order valence-electron chi connectivity index (χ0n) is 9.73. The molecule has 1 heterocycles. The molecule has 0 fully saturated rings. The van der Waals surface area contributed by atoms with E-state index >= 15 is 0 Å². The van der Waals surface area contributed by atoms with Gasteiger partial charge in [-0.3, -0.25) is 0 Å². The van der Waals surface area contributed by atoms with E-state index in [0.717, 1.165) is 12.3 Å². The van der Waals surface area contributed by atoms with Gasteiger partial charge in [0.15, 0.2) is 6.39 Å². The van der Waals surface area contributed by atoms with Crippen LogP contribution in [0.15, 0.2) is 41.3 Å². The number of aromatic nitrogens is 1. The van der Waals surface area contributed by atoms with E-state index in [4.69, 9.17) is 4.42 Å². The predicted octanol–water partition coefficient (Wildman–Crippen LogP) is 2.84. The van der Waals surface area contributed by atoms with E-state index in [1.165, 1.54) is 36.8 Å². The number of fused-ring (bicyclic) bond motifs is 1. The first-order chi connectivity index (χ1) is 8.43. The third-order valence-electron chi connectivity index (χ3n) is 3.38. The molecule has 3 rings (SSSR count). The Bertz CT molecular complexity index is 479. The van der Waals surface area contributed by atoms with Crippen molar-refractivity contribution in [2.24, 2.45) is 0 Å². The van der Waals surface area contributed by atoms with Gasteiger partial charge in [-0.1, -0.05) is 24.3 Å². The van der Waals surface area contributed by atoms with Crippen molar-refractivity contribution in [1.29, 1.82) is 0 Å². The topological polar surface area (TPSA) is 38.1 Å². The summed E-state index contributed by atoms with van der Waals surface area (Å²) in [5.41, 5.74) is 2.92. The molecule has 2 aromatic rings. The number of benzene rings is 1. The summed E-state index contributed by atoms with van der Waals surface area (Å²) in [6, 6.07) is 9.15. The highest BCUT2D eigenvalue weighted by atomic mass is 16.3. The molecular weight excluding hydrogens is 212 g/mol. The van der Waals surface area contributed by atoms with Crippen LogP contribution in [0.4, 0.5) is 0 Å². The Hall–Kier alpha value is -1.61. The van der Waals surface area contributed by atoms with Gasteiger partial charge in [-0.15, -0.1) is 0 Å². The summed E-state index contributed by atoms with van der Waals surface area (Å²) >= 11 is 0. The molecule has 0 bridgehead atoms. The summed E-state index contributed by atoms with van der Waals surface area (Å²) in [6.45, 7) is 0.749. The van der Waals surface area contributed by atoms with Crippen LogP contribution in [0.25, 0.3) is 0 Å². The number of nitrogens with one attached hydrogen (secondary N) is 1. The summed E-state index contributed by atoms with van der Waals surface area (Å²) in [5, 5.41) is 3.55. The molecule has 0 aliphatic heterocycles. The smallest absolute Gasteiger partial charge is 0.180 e. The van der Waals surface area contributed by atoms with Gasteiger partial charge in [0.2, 0.25) is 0 Å². The first-order valence-electron chi connectivity index (χ1n) is 6.12. The van der Waals surface area contributed by atoms with Crippen LogP contribution in [-0.4, -0.2) is 4.98 Å². The van der Waals surface area contributed by atoms with Gasteiger partial charge in [0, 0.05) is 6.04 Å². The summed E-state index contributed by atoms with van der Waals surface area (Å²) < 4.78 is 5.24. The molecule has 3 heteroatoms. The van der Waals surface area contributed by atoms with Crippen LogP contribution >= 0.6 is 0 Å². The standard InChI is InChI=1S/C14H16N2O/c1-2-6-13-11(4-1)5-3-7-14(13)16-9-12-8-15-10-17-12/h1-2,4,6,8,10,14,16H,3,5,7,9H2. The second-order valence-corrected chi connectivity index (χ2v) is 4.49. The number of hydrogen-bond donors (Lipinski definition) is 1. The van der Waals surface area contributed by atoms with Gasteiger partial charge < -0.3 is 9.73 Å². The third kappa shape index (κ3) is 2.24. The van der Waals surface area contributed by atoms with Crippen LogP contribution in [0, 0.1) is 0 Å². The average Bonchev–Trinajstić information content (AvgIpc) is 2.89. The summed E-state index contributed by atoms with van der Waals surface area (Å²) in [4.78, 5) is 3.92. The molecule has 1 aliphatic rings. The minimum Gasteiger partial charge on any atom is -0.447 e. The second-order valence-electron chi connectivity index (χ2n) is 4.49. The Balaban J connectivity index is 1.72. The Morgan fingerprint density at radius 2 is 2.29 bits per heavy atom. The molecule has 1 aromatic heterocycles. The lowest BCUT2D eigenvalue weighted by molar-refractivity contribution is 0.416. The van der Waals surface area contributed by atoms with Crippen molar-refractivity contribution in [2.75, 3.05) is 0 Å². The molecule has 1 unspecified atom stereocenters. The van der Waals surface area contributed by atoms with Crippen molar-refractivity contribution in [2.45, 2.75) is 31.8 Å². The molecule has 1 aromatic carbocycles. The van der Waals surface area contributed by atoms with Gasteiger partial charge in [-0.2, -0.15) is 0 Å². The van der Waals surface area contributed by atoms with Crippen molar-refractivity contribution in [3.63, 3.8) is 0 Å². The first-order valence-corrected chi connectivity index (χ1v) is 6.12. The maximum atomic E-state index is 5.24. The molecule has 0 amide bonds. The van der Waals surface area contributed by atoms with Crippen molar-refractivity contribution in [3.05, 3.63) is 53.7 Å². The fraction of sp³-hybridized carbons (Fsp3) is 0.357. The highest BCUT2D eigenvalue weighted by molar-refractivity contribution is 5.32. The minimum atomic E-state index is 0.449. The monoisotopic (exact) mass is 228 g/mol. The van der Waals surface area contributed by atoms with Gasteiger partial charge in [0.05, 0.1) is 12.7 Å². The SMILES string of the molecule is c1ccc2c(c1)CCCC2NCc1cnco1. The van der Waals surface area contributed by atoms with Crippen LogP contribution in [-0.2, 0) is 13.0 Å². The Kier molecular flexibility index (Phi) is 2.92. The Morgan fingerprint density at radius 1 is 1.35 bits per heavy atom. The molecule has 1 N–H and O–H groups in total. The van der Waals surface area contributed by atoms with E-state index < -0.39 is 0 Å². The van der Waals surface area contributed by atoms with Gasteiger partial charge in [-0.05, 0) is 30.4 Å². The van der Waals surface area contributed by atoms with Crippen LogP contribution in [0.1, 0.15) is 35.8 Å². The van der Waals surface area contributed by atoms with Crippen molar-refractivity contribution >= 4 is 0 Å². The number of hydrogen-bond acceptors (Lipinski definition) is 3. The average molecular weight is 228 g/mol. The molecule has 17 heavy (non-hydrogen) atoms. The summed E-state index contributed by atoms with van der Waals surface area (Å²) in [5.74, 6) is 0.896. The quantitative estimate of drug-likeness (QED) is 0.877. The molecule has 3 nitrogen and oxygen atoms in total. The molecule has 0 saturated heterocycles. The number of rotatable bonds is 3. The van der Waals surface area contributed by atoms with E-state index in [1.54, 1.807) is 6.20 Å². The van der Waals surface area contributed by atoms with Gasteiger partial charge in [0.1, 0.15) is 5.76 Å². The maximum absolute atomic E-state index is 5.24. The largest absolute Gasteiger partial charge is 0.447 e. The highest BCUT2D eigenvalue weighted by Crippen LogP contribution is 2.29. The van der Waals surface area contributed by atoms with E-state index in [2.05, 4.69) is 34.6 Å². The Labute approximate surface area is 101 Å². The van der Waals surface area contributed by atoms with E-state index in [0.29, 0.717) is 6.04 Å². The van der Waals surface area contributed by atoms with Crippen LogP contribution in [0.5, 0.6) is 0 Å². The summed E-state index contributed by atoms with van der Waals surface area (Å²) in [7, 11) is 0. The molecule has 88 valence electrons. The highest BCUT2D eigenvalue weighted by Gasteiger charge is 2.19. The first kappa shape index (κ1) is 10.5. The van der Waals surface area contributed by atoms with E-state index in [-0.39, 0.29) is 0 Å². The van der Waals surface area contributed by atoms with Crippen molar-refractivity contribution in [1.82, 2.24) is 10.3 Å². The predicted molar refractivity (Wildman–Crippen MR) is 65.5 cm³/mol. The lowest BCUT2D eigenvalue weighted by atomic mass is 9.88. The molecule has 1 aliphatic carbocycles. The number of oxazole rings is 1. The zero-order valence-corrected chi connectivity index (χ0v) is 9.73.